The van der Waals surface area contributed by atoms with Crippen LogP contribution in [-0.2, 0) is 0 Å². The second kappa shape index (κ2) is 21.9. The Hall–Kier alpha value is -0.170. The summed E-state index contributed by atoms with van der Waals surface area (Å²) in [6.45, 7) is 15.6. The van der Waals surface area contributed by atoms with Crippen molar-refractivity contribution in [3.63, 3.8) is 0 Å². The first-order chi connectivity index (χ1) is 12.0. The third-order valence-corrected chi connectivity index (χ3v) is 5.59. The maximum atomic E-state index is 2.37. The van der Waals surface area contributed by atoms with E-state index in [0.29, 0.717) is 0 Å². The highest BCUT2D eigenvalue weighted by molar-refractivity contribution is 7.99. The van der Waals surface area contributed by atoms with E-state index in [9.17, 15) is 0 Å². The van der Waals surface area contributed by atoms with Crippen molar-refractivity contribution < 1.29 is 0 Å². The summed E-state index contributed by atoms with van der Waals surface area (Å²) in [6, 6.07) is 0. The van der Waals surface area contributed by atoms with Crippen molar-refractivity contribution >= 4 is 11.8 Å². The second-order valence-corrected chi connectivity index (χ2v) is 8.64. The lowest BCUT2D eigenvalue weighted by Gasteiger charge is -2.09. The molecule has 0 aromatic carbocycles. The van der Waals surface area contributed by atoms with Crippen LogP contribution in [0.4, 0.5) is 0 Å². The van der Waals surface area contributed by atoms with E-state index < -0.39 is 0 Å². The van der Waals surface area contributed by atoms with Crippen LogP contribution in [0.5, 0.6) is 0 Å². The maximum Gasteiger partial charge on any atom is -0.00676 e. The van der Waals surface area contributed by atoms with Gasteiger partial charge in [0.2, 0.25) is 0 Å². The molecule has 0 aromatic rings. The van der Waals surface area contributed by atoms with Crippen molar-refractivity contribution in [2.45, 2.75) is 113 Å². The quantitative estimate of drug-likeness (QED) is 0.365. The van der Waals surface area contributed by atoms with E-state index >= 15 is 0 Å². The van der Waals surface area contributed by atoms with Gasteiger partial charge in [-0.1, -0.05) is 84.1 Å². The minimum absolute atomic E-state index is 0.893. The highest BCUT2D eigenvalue weighted by Gasteiger charge is 2.04. The molecule has 1 aliphatic rings. The molecule has 0 aliphatic heterocycles. The Morgan fingerprint density at radius 3 is 2.20 bits per heavy atom. The summed E-state index contributed by atoms with van der Waals surface area (Å²) in [6.07, 6.45) is 18.0. The Labute approximate surface area is 165 Å². The molecule has 1 aliphatic carbocycles. The Morgan fingerprint density at radius 1 is 0.960 bits per heavy atom. The molecular formula is C24H48S. The molecule has 0 saturated heterocycles. The summed E-state index contributed by atoms with van der Waals surface area (Å²) in [5.74, 6) is 3.61. The lowest BCUT2D eigenvalue weighted by atomic mass is 9.97. The Kier molecular flexibility index (Phi) is 23.7. The highest BCUT2D eigenvalue weighted by Crippen LogP contribution is 2.23. The molecule has 1 unspecified atom stereocenters. The van der Waals surface area contributed by atoms with Gasteiger partial charge in [-0.2, -0.15) is 11.8 Å². The van der Waals surface area contributed by atoms with Gasteiger partial charge < -0.3 is 0 Å². The van der Waals surface area contributed by atoms with Crippen LogP contribution in [0, 0.1) is 5.92 Å². The van der Waals surface area contributed by atoms with Crippen LogP contribution < -0.4 is 0 Å². The number of rotatable bonds is 9. The van der Waals surface area contributed by atoms with Crippen molar-refractivity contribution in [3.05, 3.63) is 23.3 Å². The molecule has 0 N–H and O–H groups in total. The van der Waals surface area contributed by atoms with Gasteiger partial charge in [0.25, 0.3) is 0 Å². The van der Waals surface area contributed by atoms with Crippen molar-refractivity contribution in [2.24, 2.45) is 5.92 Å². The number of allylic oxidation sites excluding steroid dienone is 4. The molecule has 0 spiro atoms. The van der Waals surface area contributed by atoms with Crippen molar-refractivity contribution in [1.82, 2.24) is 0 Å². The number of thioether (sulfide) groups is 1. The largest absolute Gasteiger partial charge is 0.162 e. The maximum absolute atomic E-state index is 2.37. The van der Waals surface area contributed by atoms with Crippen LogP contribution in [0.15, 0.2) is 23.3 Å². The molecule has 0 bridgehead atoms. The first-order valence-electron chi connectivity index (χ1n) is 11.0. The summed E-state index contributed by atoms with van der Waals surface area (Å²) in [5, 5.41) is 0. The average Bonchev–Trinajstić information content (AvgIpc) is 2.82. The molecule has 150 valence electrons. The van der Waals surface area contributed by atoms with E-state index in [1.807, 2.05) is 0 Å². The van der Waals surface area contributed by atoms with Crippen molar-refractivity contribution in [1.29, 1.82) is 0 Å². The predicted octanol–water partition coefficient (Wildman–Crippen LogP) is 9.22. The Balaban J connectivity index is 0. The van der Waals surface area contributed by atoms with E-state index in [2.05, 4.69) is 72.4 Å². The molecule has 1 heteroatoms. The van der Waals surface area contributed by atoms with E-state index in [1.165, 1.54) is 75.7 Å². The van der Waals surface area contributed by atoms with E-state index in [-0.39, 0.29) is 0 Å². The zero-order valence-corrected chi connectivity index (χ0v) is 19.4. The highest BCUT2D eigenvalue weighted by atomic mass is 32.2. The molecule has 0 saturated carbocycles. The molecule has 0 heterocycles. The van der Waals surface area contributed by atoms with Gasteiger partial charge in [0, 0.05) is 0 Å². The summed E-state index contributed by atoms with van der Waals surface area (Å²) in [5.41, 5.74) is 3.21. The third-order valence-electron chi connectivity index (χ3n) is 4.32. The topological polar surface area (TPSA) is 0 Å². The van der Waals surface area contributed by atoms with Gasteiger partial charge in [-0.3, -0.25) is 0 Å². The smallest absolute Gasteiger partial charge is 0.00676 e. The summed E-state index contributed by atoms with van der Waals surface area (Å²) in [4.78, 5) is 0. The monoisotopic (exact) mass is 368 g/mol. The van der Waals surface area contributed by atoms with Crippen LogP contribution in [0.2, 0.25) is 0 Å². The van der Waals surface area contributed by atoms with Crippen molar-refractivity contribution in [3.8, 4) is 0 Å². The zero-order valence-electron chi connectivity index (χ0n) is 18.6. The minimum Gasteiger partial charge on any atom is -0.162 e. The first kappa shape index (κ1) is 27.1. The standard InChI is InChI=1S/C14H24.C7H16S.C3H8/c1-4-12(2)8-10-14-7-5-6-13(3)9-11-14;1-3-5-7-8-6-4-2;1-3-2/h9,11-12H,4-8,10H2,1-3H3;3-7H2,1-2H3;3H2,1-2H3. The van der Waals surface area contributed by atoms with Gasteiger partial charge in [-0.15, -0.1) is 0 Å². The lowest BCUT2D eigenvalue weighted by molar-refractivity contribution is 0.510. The van der Waals surface area contributed by atoms with Gasteiger partial charge in [-0.05, 0) is 69.3 Å². The second-order valence-electron chi connectivity index (χ2n) is 7.42. The summed E-state index contributed by atoms with van der Waals surface area (Å²) in [7, 11) is 0. The van der Waals surface area contributed by atoms with Crippen LogP contribution in [0.1, 0.15) is 113 Å². The molecule has 1 atom stereocenters. The summed E-state index contributed by atoms with van der Waals surface area (Å²) < 4.78 is 0. The lowest BCUT2D eigenvalue weighted by Crippen LogP contribution is -1.93. The van der Waals surface area contributed by atoms with Crippen LogP contribution in [0.25, 0.3) is 0 Å². The number of unbranched alkanes of at least 4 members (excludes halogenated alkanes) is 1. The van der Waals surface area contributed by atoms with Gasteiger partial charge >= 0.3 is 0 Å². The van der Waals surface area contributed by atoms with Crippen LogP contribution >= 0.6 is 11.8 Å². The fourth-order valence-corrected chi connectivity index (χ4v) is 3.34. The van der Waals surface area contributed by atoms with Gasteiger partial charge in [0.15, 0.2) is 0 Å². The molecule has 0 aromatic heterocycles. The van der Waals surface area contributed by atoms with Crippen molar-refractivity contribution in [2.75, 3.05) is 11.5 Å². The molecule has 25 heavy (non-hydrogen) atoms. The molecule has 0 amide bonds. The van der Waals surface area contributed by atoms with Gasteiger partial charge in [0.1, 0.15) is 0 Å². The first-order valence-corrected chi connectivity index (χ1v) is 12.1. The summed E-state index contributed by atoms with van der Waals surface area (Å²) >= 11 is 2.08. The Morgan fingerprint density at radius 2 is 1.64 bits per heavy atom. The molecule has 0 nitrogen and oxygen atoms in total. The van der Waals surface area contributed by atoms with E-state index in [0.717, 1.165) is 5.92 Å². The van der Waals surface area contributed by atoms with Gasteiger partial charge in [0.05, 0.1) is 0 Å². The molecule has 0 radical (unpaired) electrons. The van der Waals surface area contributed by atoms with E-state index in [1.54, 1.807) is 11.1 Å². The number of hydrogen-bond donors (Lipinski definition) is 0. The molecule has 1 rings (SSSR count). The van der Waals surface area contributed by atoms with Crippen LogP contribution in [-0.4, -0.2) is 11.5 Å². The fraction of sp³-hybridized carbons (Fsp3) is 0.833. The predicted molar refractivity (Wildman–Crippen MR) is 123 cm³/mol. The SMILES string of the molecule is CCC.CCC(C)CCC1=CC=C(C)CCC1.CCCCSCCC. The normalized spacial score (nSPS) is 14.8. The minimum atomic E-state index is 0.893. The van der Waals surface area contributed by atoms with E-state index in [4.69, 9.17) is 0 Å². The molecule has 0 fully saturated rings. The third kappa shape index (κ3) is 21.8. The average molecular weight is 369 g/mol. The fourth-order valence-electron chi connectivity index (χ4n) is 2.36. The molecular weight excluding hydrogens is 320 g/mol. The number of hydrogen-bond acceptors (Lipinski definition) is 1. The van der Waals surface area contributed by atoms with Gasteiger partial charge in [-0.25, -0.2) is 0 Å². The zero-order chi connectivity index (χ0) is 19.3. The van der Waals surface area contributed by atoms with Crippen LogP contribution in [0.3, 0.4) is 0 Å². The Bertz CT molecular complexity index is 308.